The van der Waals surface area contributed by atoms with Crippen molar-refractivity contribution in [2.75, 3.05) is 61.1 Å². The van der Waals surface area contributed by atoms with E-state index >= 15 is 4.39 Å². The van der Waals surface area contributed by atoms with Crippen LogP contribution in [0.3, 0.4) is 0 Å². The molecule has 1 atom stereocenters. The number of carbonyl (C=O) groups is 1. The lowest BCUT2D eigenvalue weighted by Crippen LogP contribution is -2.56. The average Bonchev–Trinajstić information content (AvgIpc) is 3.69. The van der Waals surface area contributed by atoms with E-state index in [0.717, 1.165) is 82.9 Å². The first-order chi connectivity index (χ1) is 19.1. The molecule has 7 rings (SSSR count). The number of piperidine rings is 1. The number of morpholine rings is 1. The molecule has 208 valence electrons. The van der Waals surface area contributed by atoms with E-state index in [1.54, 1.807) is 6.07 Å². The molecule has 9 nitrogen and oxygen atoms in total. The van der Waals surface area contributed by atoms with Crippen LogP contribution < -0.4 is 20.4 Å². The standard InChI is InChI=1S/C29H38FN7O2/c30-24-17-21(5-6-25(24)36-11-7-22(8-12-36)35-13-15-39-16-14-35)33-28-32-19-20-18-29(9-10-31-27(29)38)37(26(20)34-28)23-3-1-2-4-23/h5-6,17,19,22-23H,1-4,7-16,18H2,(H,31,38)(H,32,33,34)/t29-/m1/s1. The molecule has 0 bridgehead atoms. The normalized spacial score (nSPS) is 26.4. The van der Waals surface area contributed by atoms with Gasteiger partial charge in [-0.25, -0.2) is 9.37 Å². The van der Waals surface area contributed by atoms with E-state index in [1.165, 1.54) is 12.8 Å². The minimum atomic E-state index is -0.548. The molecule has 4 fully saturated rings. The van der Waals surface area contributed by atoms with Crippen molar-refractivity contribution in [3.05, 3.63) is 35.8 Å². The third-order valence-corrected chi connectivity index (χ3v) is 9.52. The summed E-state index contributed by atoms with van der Waals surface area (Å²) in [6, 6.07) is 6.19. The van der Waals surface area contributed by atoms with E-state index in [0.29, 0.717) is 42.4 Å². The molecule has 2 N–H and O–H groups in total. The van der Waals surface area contributed by atoms with Gasteiger partial charge in [0.15, 0.2) is 0 Å². The largest absolute Gasteiger partial charge is 0.379 e. The monoisotopic (exact) mass is 535 g/mol. The summed E-state index contributed by atoms with van der Waals surface area (Å²) in [5.41, 5.74) is 1.75. The fraction of sp³-hybridized carbons (Fsp3) is 0.621. The number of amides is 1. The molecule has 2 aromatic rings. The van der Waals surface area contributed by atoms with Crippen LogP contribution in [0.1, 0.15) is 50.5 Å². The second kappa shape index (κ2) is 10.2. The number of benzene rings is 1. The minimum Gasteiger partial charge on any atom is -0.379 e. The van der Waals surface area contributed by atoms with Gasteiger partial charge in [0.1, 0.15) is 17.2 Å². The summed E-state index contributed by atoms with van der Waals surface area (Å²) in [5.74, 6) is 1.16. The van der Waals surface area contributed by atoms with Crippen LogP contribution in [0.2, 0.25) is 0 Å². The summed E-state index contributed by atoms with van der Waals surface area (Å²) in [6.45, 7) is 6.02. The first kappa shape index (κ1) is 25.0. The number of rotatable bonds is 5. The van der Waals surface area contributed by atoms with Crippen LogP contribution in [0.5, 0.6) is 0 Å². The summed E-state index contributed by atoms with van der Waals surface area (Å²) in [7, 11) is 0. The maximum absolute atomic E-state index is 15.3. The van der Waals surface area contributed by atoms with Crippen molar-refractivity contribution in [2.45, 2.75) is 69.0 Å². The number of hydrogen-bond acceptors (Lipinski definition) is 8. The van der Waals surface area contributed by atoms with Gasteiger partial charge in [0.2, 0.25) is 11.9 Å². The van der Waals surface area contributed by atoms with Crippen LogP contribution in [0.4, 0.5) is 27.5 Å². The molecular weight excluding hydrogens is 497 g/mol. The van der Waals surface area contributed by atoms with E-state index in [9.17, 15) is 4.79 Å². The van der Waals surface area contributed by atoms with E-state index in [-0.39, 0.29) is 11.7 Å². The van der Waals surface area contributed by atoms with Crippen molar-refractivity contribution in [1.82, 2.24) is 20.2 Å². The molecule has 1 saturated carbocycles. The van der Waals surface area contributed by atoms with E-state index in [4.69, 9.17) is 9.72 Å². The van der Waals surface area contributed by atoms with Crippen LogP contribution in [-0.4, -0.2) is 84.3 Å². The molecule has 39 heavy (non-hydrogen) atoms. The number of carbonyl (C=O) groups excluding carboxylic acids is 1. The second-order valence-corrected chi connectivity index (χ2v) is 11.7. The van der Waals surface area contributed by atoms with Crippen molar-refractivity contribution in [1.29, 1.82) is 0 Å². The highest BCUT2D eigenvalue weighted by molar-refractivity contribution is 5.94. The number of anilines is 4. The van der Waals surface area contributed by atoms with Gasteiger partial charge >= 0.3 is 0 Å². The van der Waals surface area contributed by atoms with Crippen LogP contribution >= 0.6 is 0 Å². The predicted molar refractivity (Wildman–Crippen MR) is 148 cm³/mol. The third kappa shape index (κ3) is 4.51. The fourth-order valence-corrected chi connectivity index (χ4v) is 7.52. The summed E-state index contributed by atoms with van der Waals surface area (Å²) in [5, 5.41) is 6.28. The molecule has 0 radical (unpaired) electrons. The number of hydrogen-bond donors (Lipinski definition) is 2. The number of halogens is 1. The zero-order valence-corrected chi connectivity index (χ0v) is 22.5. The van der Waals surface area contributed by atoms with Crippen LogP contribution in [0.25, 0.3) is 0 Å². The first-order valence-corrected chi connectivity index (χ1v) is 14.7. The minimum absolute atomic E-state index is 0.105. The van der Waals surface area contributed by atoms with Gasteiger partial charge in [0, 0.05) is 68.7 Å². The Morgan fingerprint density at radius 2 is 1.85 bits per heavy atom. The molecule has 5 heterocycles. The topological polar surface area (TPSA) is 85.9 Å². The molecule has 1 aromatic heterocycles. The van der Waals surface area contributed by atoms with E-state index < -0.39 is 5.54 Å². The van der Waals surface area contributed by atoms with Crippen LogP contribution in [0, 0.1) is 5.82 Å². The van der Waals surface area contributed by atoms with Gasteiger partial charge in [-0.3, -0.25) is 9.69 Å². The highest BCUT2D eigenvalue weighted by atomic mass is 19.1. The number of nitrogens with one attached hydrogen (secondary N) is 2. The molecule has 1 aromatic carbocycles. The zero-order valence-electron chi connectivity index (χ0n) is 22.5. The summed E-state index contributed by atoms with van der Waals surface area (Å²) in [6.07, 6.45) is 9.89. The lowest BCUT2D eigenvalue weighted by molar-refractivity contribution is -0.123. The predicted octanol–water partition coefficient (Wildman–Crippen LogP) is 3.22. The van der Waals surface area contributed by atoms with Crippen LogP contribution in [-0.2, 0) is 16.0 Å². The van der Waals surface area contributed by atoms with Gasteiger partial charge < -0.3 is 25.2 Å². The van der Waals surface area contributed by atoms with Crippen molar-refractivity contribution >= 4 is 29.0 Å². The second-order valence-electron chi connectivity index (χ2n) is 11.7. The van der Waals surface area contributed by atoms with E-state index in [1.807, 2.05) is 18.3 Å². The molecule has 3 saturated heterocycles. The Morgan fingerprint density at radius 3 is 2.56 bits per heavy atom. The Hall–Kier alpha value is -2.98. The first-order valence-electron chi connectivity index (χ1n) is 14.7. The lowest BCUT2D eigenvalue weighted by Gasteiger charge is -2.40. The lowest BCUT2D eigenvalue weighted by atomic mass is 9.91. The van der Waals surface area contributed by atoms with Gasteiger partial charge in [-0.15, -0.1) is 0 Å². The molecule has 1 aliphatic carbocycles. The zero-order chi connectivity index (χ0) is 26.4. The third-order valence-electron chi connectivity index (χ3n) is 9.52. The van der Waals surface area contributed by atoms with Gasteiger partial charge in [-0.2, -0.15) is 4.98 Å². The Kier molecular flexibility index (Phi) is 6.55. The quantitative estimate of drug-likeness (QED) is 0.604. The van der Waals surface area contributed by atoms with Gasteiger partial charge in [-0.1, -0.05) is 12.8 Å². The molecule has 1 spiro atoms. The number of aromatic nitrogens is 2. The van der Waals surface area contributed by atoms with Crippen molar-refractivity contribution < 1.29 is 13.9 Å². The van der Waals surface area contributed by atoms with Crippen LogP contribution in [0.15, 0.2) is 24.4 Å². The number of nitrogens with zero attached hydrogens (tertiary/aromatic N) is 5. The van der Waals surface area contributed by atoms with Crippen molar-refractivity contribution in [2.24, 2.45) is 0 Å². The Labute approximate surface area is 229 Å². The summed E-state index contributed by atoms with van der Waals surface area (Å²) >= 11 is 0. The highest BCUT2D eigenvalue weighted by Gasteiger charge is 2.55. The molecule has 1 amide bonds. The van der Waals surface area contributed by atoms with Gasteiger partial charge in [-0.05, 0) is 50.3 Å². The highest BCUT2D eigenvalue weighted by Crippen LogP contribution is 2.46. The summed E-state index contributed by atoms with van der Waals surface area (Å²) < 4.78 is 20.8. The van der Waals surface area contributed by atoms with E-state index in [2.05, 4.69) is 30.3 Å². The van der Waals surface area contributed by atoms with Gasteiger partial charge in [0.05, 0.1) is 18.9 Å². The maximum Gasteiger partial charge on any atom is 0.246 e. The molecule has 5 aliphatic rings. The summed E-state index contributed by atoms with van der Waals surface area (Å²) in [4.78, 5) is 29.5. The smallest absolute Gasteiger partial charge is 0.246 e. The molecule has 0 unspecified atom stereocenters. The maximum atomic E-state index is 15.3. The number of fused-ring (bicyclic) bond motifs is 1. The molecule has 4 aliphatic heterocycles. The molecule has 10 heteroatoms. The number of ether oxygens (including phenoxy) is 1. The van der Waals surface area contributed by atoms with Crippen molar-refractivity contribution in [3.63, 3.8) is 0 Å². The fourth-order valence-electron chi connectivity index (χ4n) is 7.52. The van der Waals surface area contributed by atoms with Crippen molar-refractivity contribution in [3.8, 4) is 0 Å². The van der Waals surface area contributed by atoms with Gasteiger partial charge in [0.25, 0.3) is 0 Å². The molecular formula is C29H38FN7O2. The Balaban J connectivity index is 1.06. The Morgan fingerprint density at radius 1 is 1.05 bits per heavy atom. The average molecular weight is 536 g/mol. The Bertz CT molecular complexity index is 1220. The SMILES string of the molecule is O=C1NCC[C@@]12Cc1cnc(Nc3ccc(N4CCC(N5CCOCC5)CC4)c(F)c3)nc1N2C1CCCC1.